The van der Waals surface area contributed by atoms with Crippen molar-refractivity contribution in [3.05, 3.63) is 45.5 Å². The van der Waals surface area contributed by atoms with Gasteiger partial charge in [0.1, 0.15) is 0 Å². The molecule has 3 rings (SSSR count). The second-order valence-electron chi connectivity index (χ2n) is 7.08. The number of allylic oxidation sites excluding steroid dienone is 1. The minimum Gasteiger partial charge on any atom is -0.338 e. The van der Waals surface area contributed by atoms with E-state index < -0.39 is 0 Å². The molecule has 146 valence electrons. The SMILES string of the molecule is Cl.N#CC=C1CCN(CC2CCCCN2C(=O)Cc2ccc(Cl)c(Cl)c2)C1. The first-order valence-corrected chi connectivity index (χ1v) is 9.85. The third-order valence-electron chi connectivity index (χ3n) is 5.20. The third kappa shape index (κ3) is 5.86. The monoisotopic (exact) mass is 427 g/mol. The molecule has 1 amide bonds. The fourth-order valence-electron chi connectivity index (χ4n) is 3.85. The summed E-state index contributed by atoms with van der Waals surface area (Å²) in [6.45, 7) is 3.52. The molecule has 2 heterocycles. The lowest BCUT2D eigenvalue weighted by Gasteiger charge is -2.38. The molecule has 0 N–H and O–H groups in total. The summed E-state index contributed by atoms with van der Waals surface area (Å²) in [6, 6.07) is 7.76. The first kappa shape index (κ1) is 22.0. The largest absolute Gasteiger partial charge is 0.338 e. The molecule has 2 saturated heterocycles. The fraction of sp³-hybridized carbons (Fsp3) is 0.500. The van der Waals surface area contributed by atoms with Gasteiger partial charge in [-0.3, -0.25) is 9.69 Å². The van der Waals surface area contributed by atoms with Gasteiger partial charge in [-0.05, 0) is 49.0 Å². The molecule has 4 nitrogen and oxygen atoms in total. The van der Waals surface area contributed by atoms with Gasteiger partial charge >= 0.3 is 0 Å². The summed E-state index contributed by atoms with van der Waals surface area (Å²) in [5.74, 6) is 0.153. The number of carbonyl (C=O) groups is 1. The highest BCUT2D eigenvalue weighted by Crippen LogP contribution is 2.25. The van der Waals surface area contributed by atoms with Crippen LogP contribution in [0.15, 0.2) is 29.8 Å². The summed E-state index contributed by atoms with van der Waals surface area (Å²) in [5.41, 5.74) is 2.09. The average molecular weight is 429 g/mol. The van der Waals surface area contributed by atoms with Crippen LogP contribution in [-0.2, 0) is 11.2 Å². The number of likely N-dealkylation sites (tertiary alicyclic amines) is 2. The predicted molar refractivity (Wildman–Crippen MR) is 112 cm³/mol. The van der Waals surface area contributed by atoms with Gasteiger partial charge in [-0.2, -0.15) is 5.26 Å². The molecule has 1 unspecified atom stereocenters. The zero-order valence-corrected chi connectivity index (χ0v) is 17.5. The summed E-state index contributed by atoms with van der Waals surface area (Å²) in [7, 11) is 0. The summed E-state index contributed by atoms with van der Waals surface area (Å²) in [5, 5.41) is 9.81. The van der Waals surface area contributed by atoms with E-state index in [9.17, 15) is 4.79 Å². The Bertz CT molecular complexity index is 744. The Morgan fingerprint density at radius 3 is 2.81 bits per heavy atom. The predicted octanol–water partition coefficient (Wildman–Crippen LogP) is 4.49. The second kappa shape index (κ2) is 10.3. The van der Waals surface area contributed by atoms with E-state index in [-0.39, 0.29) is 24.4 Å². The number of nitriles is 1. The number of rotatable bonds is 4. The molecule has 0 saturated carbocycles. The molecule has 0 aliphatic carbocycles. The van der Waals surface area contributed by atoms with Crippen LogP contribution in [0.25, 0.3) is 0 Å². The Morgan fingerprint density at radius 1 is 1.26 bits per heavy atom. The van der Waals surface area contributed by atoms with Gasteiger partial charge in [0.25, 0.3) is 0 Å². The number of piperidine rings is 1. The molecule has 1 aromatic carbocycles. The maximum atomic E-state index is 12.9. The number of halogens is 3. The quantitative estimate of drug-likeness (QED) is 0.664. The van der Waals surface area contributed by atoms with Gasteiger partial charge in [0.05, 0.1) is 22.5 Å². The van der Waals surface area contributed by atoms with Crippen LogP contribution in [-0.4, -0.2) is 47.9 Å². The topological polar surface area (TPSA) is 47.3 Å². The number of nitrogens with zero attached hydrogens (tertiary/aromatic N) is 3. The Hall–Kier alpha value is -1.25. The van der Waals surface area contributed by atoms with Crippen LogP contribution >= 0.6 is 35.6 Å². The molecule has 0 spiro atoms. The Kier molecular flexibility index (Phi) is 8.44. The second-order valence-corrected chi connectivity index (χ2v) is 7.89. The smallest absolute Gasteiger partial charge is 0.227 e. The first-order chi connectivity index (χ1) is 12.6. The van der Waals surface area contributed by atoms with E-state index in [0.717, 1.165) is 57.4 Å². The van der Waals surface area contributed by atoms with Crippen molar-refractivity contribution in [3.63, 3.8) is 0 Å². The Labute approximate surface area is 177 Å². The van der Waals surface area contributed by atoms with E-state index in [1.807, 2.05) is 11.0 Å². The Morgan fingerprint density at radius 2 is 2.07 bits per heavy atom. The Balaban J connectivity index is 0.00000261. The molecular weight excluding hydrogens is 405 g/mol. The van der Waals surface area contributed by atoms with E-state index in [1.165, 1.54) is 5.57 Å². The lowest BCUT2D eigenvalue weighted by molar-refractivity contribution is -0.134. The molecule has 0 aromatic heterocycles. The van der Waals surface area contributed by atoms with Gasteiger partial charge in [0.15, 0.2) is 0 Å². The third-order valence-corrected chi connectivity index (χ3v) is 5.94. The van der Waals surface area contributed by atoms with Crippen LogP contribution in [0.3, 0.4) is 0 Å². The minimum atomic E-state index is 0. The zero-order chi connectivity index (χ0) is 18.5. The fourth-order valence-corrected chi connectivity index (χ4v) is 4.18. The van der Waals surface area contributed by atoms with Crippen LogP contribution in [0.1, 0.15) is 31.2 Å². The van der Waals surface area contributed by atoms with Crippen molar-refractivity contribution in [3.8, 4) is 6.07 Å². The highest BCUT2D eigenvalue weighted by molar-refractivity contribution is 6.42. The van der Waals surface area contributed by atoms with E-state index in [1.54, 1.807) is 18.2 Å². The van der Waals surface area contributed by atoms with E-state index in [4.69, 9.17) is 28.5 Å². The van der Waals surface area contributed by atoms with Gasteiger partial charge in [0, 0.05) is 38.3 Å². The summed E-state index contributed by atoms with van der Waals surface area (Å²) >= 11 is 12.0. The van der Waals surface area contributed by atoms with Gasteiger partial charge in [-0.1, -0.05) is 29.3 Å². The van der Waals surface area contributed by atoms with Gasteiger partial charge in [-0.25, -0.2) is 0 Å². The highest BCUT2D eigenvalue weighted by atomic mass is 35.5. The maximum absolute atomic E-state index is 12.9. The summed E-state index contributed by atoms with van der Waals surface area (Å²) < 4.78 is 0. The molecule has 1 atom stereocenters. The maximum Gasteiger partial charge on any atom is 0.227 e. The van der Waals surface area contributed by atoms with Crippen molar-refractivity contribution in [1.82, 2.24) is 9.80 Å². The van der Waals surface area contributed by atoms with Crippen LogP contribution in [0, 0.1) is 11.3 Å². The van der Waals surface area contributed by atoms with Crippen molar-refractivity contribution in [1.29, 1.82) is 5.26 Å². The molecule has 2 aliphatic heterocycles. The van der Waals surface area contributed by atoms with Crippen molar-refractivity contribution in [2.45, 2.75) is 38.1 Å². The number of benzene rings is 1. The van der Waals surface area contributed by atoms with Crippen LogP contribution in [0.4, 0.5) is 0 Å². The van der Waals surface area contributed by atoms with Crippen LogP contribution in [0.2, 0.25) is 10.0 Å². The van der Waals surface area contributed by atoms with Crippen molar-refractivity contribution < 1.29 is 4.79 Å². The molecule has 0 bridgehead atoms. The van der Waals surface area contributed by atoms with E-state index in [0.29, 0.717) is 16.5 Å². The van der Waals surface area contributed by atoms with Crippen LogP contribution < -0.4 is 0 Å². The molecule has 27 heavy (non-hydrogen) atoms. The highest BCUT2D eigenvalue weighted by Gasteiger charge is 2.29. The van der Waals surface area contributed by atoms with E-state index >= 15 is 0 Å². The molecule has 2 aliphatic rings. The number of hydrogen-bond donors (Lipinski definition) is 0. The van der Waals surface area contributed by atoms with Crippen molar-refractivity contribution in [2.24, 2.45) is 0 Å². The van der Waals surface area contributed by atoms with Gasteiger partial charge in [-0.15, -0.1) is 12.4 Å². The standard InChI is InChI=1S/C20H23Cl2N3O.ClH/c21-18-5-4-16(11-19(18)22)12-20(26)25-9-2-1-3-17(25)14-24-10-7-15(13-24)6-8-23;/h4-6,11,17H,1-3,7,9-10,12-14H2;1H. The number of amides is 1. The van der Waals surface area contributed by atoms with Crippen molar-refractivity contribution in [2.75, 3.05) is 26.2 Å². The molecule has 0 radical (unpaired) electrons. The van der Waals surface area contributed by atoms with Gasteiger partial charge in [0.2, 0.25) is 5.91 Å². The zero-order valence-electron chi connectivity index (χ0n) is 15.2. The van der Waals surface area contributed by atoms with Crippen LogP contribution in [0.5, 0.6) is 0 Å². The lowest BCUT2D eigenvalue weighted by atomic mass is 10.00. The summed E-state index contributed by atoms with van der Waals surface area (Å²) in [4.78, 5) is 17.3. The van der Waals surface area contributed by atoms with E-state index in [2.05, 4.69) is 11.0 Å². The molecular formula is C20H24Cl3N3O. The molecule has 1 aromatic rings. The lowest BCUT2D eigenvalue weighted by Crippen LogP contribution is -2.49. The normalized spacial score (nSPS) is 21.7. The van der Waals surface area contributed by atoms with Crippen molar-refractivity contribution >= 4 is 41.5 Å². The number of hydrogen-bond acceptors (Lipinski definition) is 3. The number of carbonyl (C=O) groups excluding carboxylic acids is 1. The minimum absolute atomic E-state index is 0. The average Bonchev–Trinajstić information content (AvgIpc) is 3.06. The van der Waals surface area contributed by atoms with Gasteiger partial charge < -0.3 is 4.90 Å². The molecule has 7 heteroatoms. The first-order valence-electron chi connectivity index (χ1n) is 9.10. The summed E-state index contributed by atoms with van der Waals surface area (Å²) in [6.07, 6.45) is 6.23. The molecule has 2 fully saturated rings.